The highest BCUT2D eigenvalue weighted by Crippen LogP contribution is 2.20. The number of aromatic nitrogens is 2. The number of aryl methyl sites for hydroxylation is 2. The van der Waals surface area contributed by atoms with Crippen molar-refractivity contribution in [2.45, 2.75) is 19.8 Å². The van der Waals surface area contributed by atoms with Gasteiger partial charge in [0, 0.05) is 25.5 Å². The van der Waals surface area contributed by atoms with Crippen molar-refractivity contribution in [2.75, 3.05) is 0 Å². The summed E-state index contributed by atoms with van der Waals surface area (Å²) in [5, 5.41) is 4.66. The van der Waals surface area contributed by atoms with E-state index < -0.39 is 0 Å². The summed E-state index contributed by atoms with van der Waals surface area (Å²) in [7, 11) is 1.74. The van der Waals surface area contributed by atoms with Crippen molar-refractivity contribution in [3.8, 4) is 0 Å². The Morgan fingerprint density at radius 3 is 2.47 bits per heavy atom. The molecule has 0 atom stereocenters. The number of carbonyl (C=O) groups excluding carboxylic acids is 1. The highest BCUT2D eigenvalue weighted by atomic mass is 35.5. The third kappa shape index (κ3) is 3.20. The van der Waals surface area contributed by atoms with Crippen molar-refractivity contribution >= 4 is 17.4 Å². The molecule has 0 aliphatic carbocycles. The molecule has 0 saturated heterocycles. The molecule has 2 rings (SSSR count). The first-order valence-electron chi connectivity index (χ1n) is 5.91. The highest BCUT2D eigenvalue weighted by Gasteiger charge is 2.15. The predicted octanol–water partition coefficient (Wildman–Crippen LogP) is 2.88. The molecule has 0 radical (unpaired) electrons. The maximum absolute atomic E-state index is 12.8. The fraction of sp³-hybridized carbons (Fsp3) is 0.286. The number of hydrogen-bond donors (Lipinski definition) is 0. The minimum Gasteiger partial charge on any atom is -0.299 e. The summed E-state index contributed by atoms with van der Waals surface area (Å²) in [6.07, 6.45) is 0.515. The first-order chi connectivity index (χ1) is 8.97. The van der Waals surface area contributed by atoms with Crippen LogP contribution in [0.1, 0.15) is 16.8 Å². The second kappa shape index (κ2) is 5.53. The van der Waals surface area contributed by atoms with Crippen molar-refractivity contribution in [3.63, 3.8) is 0 Å². The number of ketones is 1. The van der Waals surface area contributed by atoms with Gasteiger partial charge in [-0.1, -0.05) is 23.7 Å². The molecule has 0 N–H and O–H groups in total. The zero-order valence-electron chi connectivity index (χ0n) is 10.8. The molecule has 1 aromatic heterocycles. The van der Waals surface area contributed by atoms with Crippen LogP contribution in [0.4, 0.5) is 4.39 Å². The van der Waals surface area contributed by atoms with Crippen LogP contribution in [0.15, 0.2) is 24.3 Å². The molecule has 0 amide bonds. The molecule has 0 aliphatic rings. The molecule has 2 aromatic rings. The molecule has 100 valence electrons. The van der Waals surface area contributed by atoms with E-state index in [1.807, 2.05) is 6.92 Å². The smallest absolute Gasteiger partial charge is 0.141 e. The van der Waals surface area contributed by atoms with E-state index in [1.165, 1.54) is 12.1 Å². The third-order valence-corrected chi connectivity index (χ3v) is 3.43. The number of Topliss-reactive ketones (excluding diaryl/α,β-unsaturated/α-hetero) is 1. The maximum atomic E-state index is 12.8. The first-order valence-corrected chi connectivity index (χ1v) is 6.29. The molecule has 19 heavy (non-hydrogen) atoms. The Bertz CT molecular complexity index is 605. The molecule has 0 saturated carbocycles. The van der Waals surface area contributed by atoms with Crippen molar-refractivity contribution in [1.29, 1.82) is 0 Å². The second-order valence-electron chi connectivity index (χ2n) is 4.50. The topological polar surface area (TPSA) is 34.9 Å². The zero-order chi connectivity index (χ0) is 14.0. The lowest BCUT2D eigenvalue weighted by molar-refractivity contribution is -0.117. The maximum Gasteiger partial charge on any atom is 0.141 e. The predicted molar refractivity (Wildman–Crippen MR) is 71.8 cm³/mol. The van der Waals surface area contributed by atoms with E-state index in [-0.39, 0.29) is 24.4 Å². The van der Waals surface area contributed by atoms with Crippen LogP contribution in [-0.4, -0.2) is 15.6 Å². The van der Waals surface area contributed by atoms with Crippen LogP contribution >= 0.6 is 11.6 Å². The molecular weight excluding hydrogens is 267 g/mol. The van der Waals surface area contributed by atoms with Crippen molar-refractivity contribution in [3.05, 3.63) is 52.1 Å². The summed E-state index contributed by atoms with van der Waals surface area (Å²) in [6, 6.07) is 5.94. The van der Waals surface area contributed by atoms with Gasteiger partial charge in [0.05, 0.1) is 5.69 Å². The molecule has 0 spiro atoms. The number of carbonyl (C=O) groups is 1. The van der Waals surface area contributed by atoms with Crippen LogP contribution in [0.5, 0.6) is 0 Å². The lowest BCUT2D eigenvalue weighted by Crippen LogP contribution is -2.07. The minimum absolute atomic E-state index is 0.0320. The van der Waals surface area contributed by atoms with Gasteiger partial charge in [-0.2, -0.15) is 5.10 Å². The Morgan fingerprint density at radius 1 is 1.32 bits per heavy atom. The summed E-state index contributed by atoms with van der Waals surface area (Å²) in [5.41, 5.74) is 2.32. The summed E-state index contributed by atoms with van der Waals surface area (Å²) < 4.78 is 14.3. The molecule has 5 heteroatoms. The van der Waals surface area contributed by atoms with Crippen molar-refractivity contribution in [1.82, 2.24) is 9.78 Å². The number of benzene rings is 1. The molecule has 0 fully saturated rings. The van der Waals surface area contributed by atoms with Gasteiger partial charge in [0.25, 0.3) is 0 Å². The Hall–Kier alpha value is -1.68. The van der Waals surface area contributed by atoms with Crippen LogP contribution in [-0.2, 0) is 24.7 Å². The normalized spacial score (nSPS) is 10.7. The van der Waals surface area contributed by atoms with E-state index in [2.05, 4.69) is 5.10 Å². The van der Waals surface area contributed by atoms with E-state index in [0.717, 1.165) is 16.8 Å². The fourth-order valence-corrected chi connectivity index (χ4v) is 2.21. The van der Waals surface area contributed by atoms with Crippen LogP contribution in [0, 0.1) is 12.7 Å². The van der Waals surface area contributed by atoms with Gasteiger partial charge in [0.2, 0.25) is 0 Å². The second-order valence-corrected chi connectivity index (χ2v) is 4.86. The van der Waals surface area contributed by atoms with E-state index >= 15 is 0 Å². The molecule has 0 aliphatic heterocycles. The monoisotopic (exact) mass is 280 g/mol. The standard InChI is InChI=1S/C14H14ClFN2O/c1-9-13(14(15)18(2)17-9)8-12(19)7-10-3-5-11(16)6-4-10/h3-6H,7-8H2,1-2H3. The van der Waals surface area contributed by atoms with Gasteiger partial charge >= 0.3 is 0 Å². The summed E-state index contributed by atoms with van der Waals surface area (Å²) in [4.78, 5) is 12.0. The molecule has 1 aromatic carbocycles. The number of nitrogens with zero attached hydrogens (tertiary/aromatic N) is 2. The van der Waals surface area contributed by atoms with Crippen molar-refractivity contribution in [2.24, 2.45) is 7.05 Å². The molecule has 1 heterocycles. The minimum atomic E-state index is -0.303. The van der Waals surface area contributed by atoms with Gasteiger partial charge in [0.15, 0.2) is 0 Å². The number of hydrogen-bond acceptors (Lipinski definition) is 2. The number of rotatable bonds is 4. The van der Waals surface area contributed by atoms with Gasteiger partial charge in [-0.05, 0) is 24.6 Å². The average Bonchev–Trinajstić information content (AvgIpc) is 2.59. The Labute approximate surface area is 116 Å². The van der Waals surface area contributed by atoms with E-state index in [0.29, 0.717) is 5.15 Å². The molecule has 0 bridgehead atoms. The van der Waals surface area contributed by atoms with Gasteiger partial charge in [-0.25, -0.2) is 4.39 Å². The molecule has 3 nitrogen and oxygen atoms in total. The Kier molecular flexibility index (Phi) is 4.00. The Balaban J connectivity index is 2.07. The van der Waals surface area contributed by atoms with Crippen LogP contribution in [0.3, 0.4) is 0 Å². The lowest BCUT2D eigenvalue weighted by Gasteiger charge is -2.02. The van der Waals surface area contributed by atoms with Crippen molar-refractivity contribution < 1.29 is 9.18 Å². The summed E-state index contributed by atoms with van der Waals surface area (Å²) in [5.74, 6) is -0.271. The Morgan fingerprint density at radius 2 is 1.95 bits per heavy atom. The van der Waals surface area contributed by atoms with Gasteiger partial charge in [0.1, 0.15) is 16.8 Å². The molecular formula is C14H14ClFN2O. The highest BCUT2D eigenvalue weighted by molar-refractivity contribution is 6.30. The lowest BCUT2D eigenvalue weighted by atomic mass is 10.0. The fourth-order valence-electron chi connectivity index (χ4n) is 1.96. The quantitative estimate of drug-likeness (QED) is 0.863. The zero-order valence-corrected chi connectivity index (χ0v) is 11.5. The largest absolute Gasteiger partial charge is 0.299 e. The molecule has 0 unspecified atom stereocenters. The number of halogens is 2. The van der Waals surface area contributed by atoms with E-state index in [9.17, 15) is 9.18 Å². The van der Waals surface area contributed by atoms with E-state index in [4.69, 9.17) is 11.6 Å². The first kappa shape index (κ1) is 13.7. The summed E-state index contributed by atoms with van der Waals surface area (Å²) in [6.45, 7) is 1.83. The van der Waals surface area contributed by atoms with E-state index in [1.54, 1.807) is 23.9 Å². The SMILES string of the molecule is Cc1nn(C)c(Cl)c1CC(=O)Cc1ccc(F)cc1. The van der Waals surface area contributed by atoms with Crippen LogP contribution in [0.25, 0.3) is 0 Å². The van der Waals surface area contributed by atoms with Crippen LogP contribution in [0.2, 0.25) is 5.15 Å². The van der Waals surface area contributed by atoms with Gasteiger partial charge in [-0.3, -0.25) is 9.48 Å². The van der Waals surface area contributed by atoms with Gasteiger partial charge < -0.3 is 0 Å². The third-order valence-electron chi connectivity index (χ3n) is 2.96. The van der Waals surface area contributed by atoms with Crippen LogP contribution < -0.4 is 0 Å². The summed E-state index contributed by atoms with van der Waals surface area (Å²) >= 11 is 6.08. The average molecular weight is 281 g/mol. The van der Waals surface area contributed by atoms with Gasteiger partial charge in [-0.15, -0.1) is 0 Å².